The molecule has 1 N–H and O–H groups in total. The topological polar surface area (TPSA) is 62.3 Å². The van der Waals surface area contributed by atoms with Crippen molar-refractivity contribution in [3.63, 3.8) is 0 Å². The molecule has 6 heteroatoms. The van der Waals surface area contributed by atoms with Crippen LogP contribution in [0.25, 0.3) is 10.9 Å². The second-order valence-electron chi connectivity index (χ2n) is 6.61. The maximum atomic E-state index is 11.9. The first kappa shape index (κ1) is 15.3. The van der Waals surface area contributed by atoms with Gasteiger partial charge in [-0.1, -0.05) is 0 Å². The van der Waals surface area contributed by atoms with Gasteiger partial charge in [0.2, 0.25) is 0 Å². The van der Waals surface area contributed by atoms with Gasteiger partial charge in [0, 0.05) is 0 Å². The number of fused-ring (bicyclic) bond motifs is 1. The van der Waals surface area contributed by atoms with E-state index in [2.05, 4.69) is 43.3 Å². The molecule has 0 spiro atoms. The molecule has 1 aliphatic rings. The summed E-state index contributed by atoms with van der Waals surface area (Å²) in [5.41, 5.74) is 1.66. The van der Waals surface area contributed by atoms with E-state index in [9.17, 15) is 9.59 Å². The Morgan fingerprint density at radius 2 is 1.95 bits per heavy atom. The van der Waals surface area contributed by atoms with E-state index in [0.717, 1.165) is 16.6 Å². The molecule has 0 saturated carbocycles. The fraction of sp³-hybridized carbons (Fsp3) is 0.312. The summed E-state index contributed by atoms with van der Waals surface area (Å²) in [7, 11) is 0. The molecule has 114 valence electrons. The van der Waals surface area contributed by atoms with Crippen LogP contribution in [0.2, 0.25) is 14.8 Å². The van der Waals surface area contributed by atoms with Crippen LogP contribution in [0.3, 0.4) is 0 Å². The van der Waals surface area contributed by atoms with Crippen molar-refractivity contribution in [1.29, 1.82) is 0 Å². The number of anilines is 1. The molecular formula is C16H19N3O2Sn. The molecule has 3 amide bonds. The molecule has 0 atom stereocenters. The molecule has 1 aromatic carbocycles. The molecule has 2 aromatic rings. The van der Waals surface area contributed by atoms with Crippen LogP contribution < -0.4 is 13.8 Å². The summed E-state index contributed by atoms with van der Waals surface area (Å²) in [5.74, 6) is -0.223. The SMILES string of the molecule is [CH3][Sn]([CH3])([CH3])[c]1ccc2ncc(N3CCC(=O)NC3=O)cc2c1. The van der Waals surface area contributed by atoms with E-state index in [0.29, 0.717) is 13.0 Å². The third kappa shape index (κ3) is 2.95. The predicted molar refractivity (Wildman–Crippen MR) is 90.2 cm³/mol. The summed E-state index contributed by atoms with van der Waals surface area (Å²) in [6.45, 7) is 0.399. The number of pyridine rings is 1. The fourth-order valence-corrected chi connectivity index (χ4v) is 5.89. The average molecular weight is 404 g/mol. The van der Waals surface area contributed by atoms with Crippen LogP contribution in [0.4, 0.5) is 10.5 Å². The third-order valence-electron chi connectivity index (χ3n) is 3.90. The number of rotatable bonds is 2. The molecule has 22 heavy (non-hydrogen) atoms. The molecule has 0 radical (unpaired) electrons. The standard InChI is InChI=1S/C13H10N3O2.3CH3.Sn/c17-12-5-6-16(13(18)15-12)10-7-9-3-1-2-4-11(9)14-8-10;;;;/h2-4,7-8H,5-6H2,(H,15,17,18);3*1H3;. The van der Waals surface area contributed by atoms with Crippen LogP contribution in [-0.2, 0) is 4.79 Å². The Morgan fingerprint density at radius 1 is 1.18 bits per heavy atom. The van der Waals surface area contributed by atoms with Crippen LogP contribution in [0, 0.1) is 0 Å². The van der Waals surface area contributed by atoms with E-state index in [-0.39, 0.29) is 11.9 Å². The van der Waals surface area contributed by atoms with Crippen molar-refractivity contribution in [2.75, 3.05) is 11.4 Å². The van der Waals surface area contributed by atoms with E-state index in [1.165, 1.54) is 3.58 Å². The van der Waals surface area contributed by atoms with Crippen molar-refractivity contribution >= 4 is 50.5 Å². The number of urea groups is 1. The molecule has 1 aromatic heterocycles. The second-order valence-corrected chi connectivity index (χ2v) is 21.1. The number of carbonyl (C=O) groups is 2. The Hall–Kier alpha value is -1.63. The first-order valence-electron chi connectivity index (χ1n) is 7.36. The number of carbonyl (C=O) groups excluding carboxylic acids is 2. The molecule has 2 heterocycles. The summed E-state index contributed by atoms with van der Waals surface area (Å²) in [4.78, 5) is 36.3. The van der Waals surface area contributed by atoms with Gasteiger partial charge < -0.3 is 0 Å². The molecule has 1 saturated heterocycles. The maximum absolute atomic E-state index is 11.9. The van der Waals surface area contributed by atoms with Crippen LogP contribution >= 0.6 is 0 Å². The first-order chi connectivity index (χ1) is 10.3. The van der Waals surface area contributed by atoms with Gasteiger partial charge in [0.1, 0.15) is 0 Å². The van der Waals surface area contributed by atoms with E-state index in [1.807, 2.05) is 6.07 Å². The van der Waals surface area contributed by atoms with Crippen LogP contribution in [0.1, 0.15) is 6.42 Å². The van der Waals surface area contributed by atoms with Crippen molar-refractivity contribution in [2.45, 2.75) is 21.2 Å². The van der Waals surface area contributed by atoms with Crippen molar-refractivity contribution in [2.24, 2.45) is 0 Å². The summed E-state index contributed by atoms with van der Waals surface area (Å²) in [6, 6.07) is 8.05. The van der Waals surface area contributed by atoms with Gasteiger partial charge in [-0.15, -0.1) is 0 Å². The average Bonchev–Trinajstić information content (AvgIpc) is 2.45. The summed E-state index contributed by atoms with van der Waals surface area (Å²) >= 11 is -2.14. The Balaban J connectivity index is 2.01. The van der Waals surface area contributed by atoms with Gasteiger partial charge in [-0.3, -0.25) is 0 Å². The molecular weight excluding hydrogens is 385 g/mol. The zero-order valence-corrected chi connectivity index (χ0v) is 15.9. The van der Waals surface area contributed by atoms with Gasteiger partial charge in [-0.2, -0.15) is 0 Å². The normalized spacial score (nSPS) is 16.0. The van der Waals surface area contributed by atoms with Gasteiger partial charge in [0.05, 0.1) is 0 Å². The van der Waals surface area contributed by atoms with Gasteiger partial charge in [0.15, 0.2) is 0 Å². The number of amides is 3. The second kappa shape index (κ2) is 5.53. The Labute approximate surface area is 133 Å². The number of aromatic nitrogens is 1. The predicted octanol–water partition coefficient (Wildman–Crippen LogP) is 2.23. The van der Waals surface area contributed by atoms with Gasteiger partial charge in [-0.05, 0) is 0 Å². The Morgan fingerprint density at radius 3 is 2.64 bits per heavy atom. The minimum atomic E-state index is -2.14. The number of hydrogen-bond acceptors (Lipinski definition) is 3. The zero-order chi connectivity index (χ0) is 15.9. The van der Waals surface area contributed by atoms with Gasteiger partial charge in [0.25, 0.3) is 0 Å². The summed E-state index contributed by atoms with van der Waals surface area (Å²) in [5, 5.41) is 3.39. The van der Waals surface area contributed by atoms with Crippen molar-refractivity contribution in [1.82, 2.24) is 10.3 Å². The number of benzene rings is 1. The van der Waals surface area contributed by atoms with Crippen molar-refractivity contribution in [3.05, 3.63) is 30.5 Å². The molecule has 0 unspecified atom stereocenters. The van der Waals surface area contributed by atoms with E-state index >= 15 is 0 Å². The first-order valence-corrected chi connectivity index (χ1v) is 17.4. The quantitative estimate of drug-likeness (QED) is 0.782. The molecule has 0 bridgehead atoms. The summed E-state index contributed by atoms with van der Waals surface area (Å²) in [6.07, 6.45) is 2.01. The summed E-state index contributed by atoms with van der Waals surface area (Å²) < 4.78 is 1.43. The molecule has 5 nitrogen and oxygen atoms in total. The van der Waals surface area contributed by atoms with E-state index < -0.39 is 18.4 Å². The fourth-order valence-electron chi connectivity index (χ4n) is 2.54. The zero-order valence-electron chi connectivity index (χ0n) is 13.0. The third-order valence-corrected chi connectivity index (χ3v) is 9.73. The van der Waals surface area contributed by atoms with Gasteiger partial charge in [-0.25, -0.2) is 0 Å². The van der Waals surface area contributed by atoms with Crippen LogP contribution in [0.15, 0.2) is 30.5 Å². The number of hydrogen-bond donors (Lipinski definition) is 1. The van der Waals surface area contributed by atoms with Crippen molar-refractivity contribution in [3.8, 4) is 0 Å². The monoisotopic (exact) mass is 405 g/mol. The molecule has 1 fully saturated rings. The van der Waals surface area contributed by atoms with Crippen LogP contribution in [-0.4, -0.2) is 41.8 Å². The number of nitrogens with one attached hydrogen (secondary N) is 1. The van der Waals surface area contributed by atoms with Crippen LogP contribution in [0.5, 0.6) is 0 Å². The minimum absolute atomic E-state index is 0.223. The molecule has 1 aliphatic heterocycles. The molecule has 0 aliphatic carbocycles. The van der Waals surface area contributed by atoms with E-state index in [1.54, 1.807) is 11.1 Å². The number of nitrogens with zero attached hydrogens (tertiary/aromatic N) is 2. The van der Waals surface area contributed by atoms with Crippen molar-refractivity contribution < 1.29 is 9.59 Å². The Bertz CT molecular complexity index is 768. The molecule has 3 rings (SSSR count). The van der Waals surface area contributed by atoms with Gasteiger partial charge >= 0.3 is 134 Å². The van der Waals surface area contributed by atoms with E-state index in [4.69, 9.17) is 0 Å². The Kier molecular flexibility index (Phi) is 3.84. The number of imide groups is 1.